The van der Waals surface area contributed by atoms with Crippen LogP contribution in [0, 0.1) is 0 Å². The average Bonchev–Trinajstić information content (AvgIpc) is 2.49. The lowest BCUT2D eigenvalue weighted by Gasteiger charge is -2.25. The van der Waals surface area contributed by atoms with Gasteiger partial charge in [0, 0.05) is 23.5 Å². The minimum Gasteiger partial charge on any atom is -0.324 e. The summed E-state index contributed by atoms with van der Waals surface area (Å²) in [6.45, 7) is 3.12. The molecule has 4 nitrogen and oxygen atoms in total. The predicted molar refractivity (Wildman–Crippen MR) is 81.1 cm³/mol. The number of anilines is 2. The van der Waals surface area contributed by atoms with E-state index in [9.17, 15) is 0 Å². The second-order valence-electron chi connectivity index (χ2n) is 5.09. The van der Waals surface area contributed by atoms with Crippen LogP contribution in [-0.2, 0) is 6.42 Å². The summed E-state index contributed by atoms with van der Waals surface area (Å²) in [4.78, 5) is 9.14. The molecule has 104 valence electrons. The number of para-hydroxylation sites is 1. The summed E-state index contributed by atoms with van der Waals surface area (Å²) in [6, 6.07) is 10.5. The Hall–Kier alpha value is -1.94. The third-order valence-corrected chi connectivity index (χ3v) is 3.66. The highest BCUT2D eigenvalue weighted by atomic mass is 15.1. The van der Waals surface area contributed by atoms with Crippen LogP contribution in [0.1, 0.15) is 37.1 Å². The number of rotatable bonds is 4. The van der Waals surface area contributed by atoms with Gasteiger partial charge in [0.2, 0.25) is 5.95 Å². The second kappa shape index (κ2) is 6.01. The lowest BCUT2D eigenvalue weighted by molar-refractivity contribution is 0.464. The number of benzene rings is 1. The Balaban J connectivity index is 1.82. The molecule has 1 heterocycles. The molecule has 1 aliphatic rings. The van der Waals surface area contributed by atoms with Crippen molar-refractivity contribution >= 4 is 11.6 Å². The number of aromatic nitrogens is 2. The van der Waals surface area contributed by atoms with Crippen LogP contribution < -0.4 is 10.6 Å². The molecule has 1 unspecified atom stereocenters. The summed E-state index contributed by atoms with van der Waals surface area (Å²) < 4.78 is 0. The molecule has 3 rings (SSSR count). The van der Waals surface area contributed by atoms with Crippen molar-refractivity contribution in [2.45, 2.75) is 32.2 Å². The van der Waals surface area contributed by atoms with Gasteiger partial charge in [-0.05, 0) is 37.9 Å². The Morgan fingerprint density at radius 1 is 1.25 bits per heavy atom. The van der Waals surface area contributed by atoms with Crippen molar-refractivity contribution in [1.82, 2.24) is 15.3 Å². The molecule has 0 fully saturated rings. The first-order chi connectivity index (χ1) is 9.86. The van der Waals surface area contributed by atoms with Crippen molar-refractivity contribution in [2.75, 3.05) is 11.9 Å². The van der Waals surface area contributed by atoms with E-state index in [0.29, 0.717) is 12.0 Å². The molecule has 0 radical (unpaired) electrons. The summed E-state index contributed by atoms with van der Waals surface area (Å²) in [5, 5.41) is 6.77. The third-order valence-electron chi connectivity index (χ3n) is 3.66. The minimum atomic E-state index is 0.412. The molecule has 2 aromatic rings. The highest BCUT2D eigenvalue weighted by Gasteiger charge is 2.21. The van der Waals surface area contributed by atoms with Crippen LogP contribution >= 0.6 is 0 Å². The fraction of sp³-hybridized carbons (Fsp3) is 0.375. The van der Waals surface area contributed by atoms with Gasteiger partial charge in [0.05, 0.1) is 5.69 Å². The van der Waals surface area contributed by atoms with Gasteiger partial charge in [-0.25, -0.2) is 9.97 Å². The predicted octanol–water partition coefficient (Wildman–Crippen LogP) is 3.21. The van der Waals surface area contributed by atoms with E-state index in [4.69, 9.17) is 0 Å². The third kappa shape index (κ3) is 2.80. The molecule has 0 bridgehead atoms. The Morgan fingerprint density at radius 3 is 2.90 bits per heavy atom. The van der Waals surface area contributed by atoms with Crippen molar-refractivity contribution < 1.29 is 0 Å². The molecular weight excluding hydrogens is 248 g/mol. The fourth-order valence-corrected chi connectivity index (χ4v) is 2.72. The zero-order valence-electron chi connectivity index (χ0n) is 11.8. The molecule has 0 amide bonds. The van der Waals surface area contributed by atoms with Gasteiger partial charge in [-0.2, -0.15) is 0 Å². The van der Waals surface area contributed by atoms with Crippen molar-refractivity contribution in [1.29, 1.82) is 0 Å². The Morgan fingerprint density at radius 2 is 2.10 bits per heavy atom. The summed E-state index contributed by atoms with van der Waals surface area (Å²) in [7, 11) is 0. The van der Waals surface area contributed by atoms with Gasteiger partial charge < -0.3 is 10.6 Å². The minimum absolute atomic E-state index is 0.412. The molecule has 0 saturated heterocycles. The molecule has 0 aliphatic heterocycles. The average molecular weight is 268 g/mol. The summed E-state index contributed by atoms with van der Waals surface area (Å²) in [5.41, 5.74) is 3.46. The van der Waals surface area contributed by atoms with Crippen LogP contribution in [0.25, 0.3) is 0 Å². The van der Waals surface area contributed by atoms with Crippen LogP contribution in [0.3, 0.4) is 0 Å². The summed E-state index contributed by atoms with van der Waals surface area (Å²) >= 11 is 0. The van der Waals surface area contributed by atoms with E-state index < -0.39 is 0 Å². The number of nitrogens with zero attached hydrogens (tertiary/aromatic N) is 2. The maximum Gasteiger partial charge on any atom is 0.227 e. The van der Waals surface area contributed by atoms with Gasteiger partial charge in [0.1, 0.15) is 0 Å². The zero-order valence-corrected chi connectivity index (χ0v) is 11.8. The summed E-state index contributed by atoms with van der Waals surface area (Å²) in [6.07, 6.45) is 5.38. The van der Waals surface area contributed by atoms with Crippen LogP contribution in [0.2, 0.25) is 0 Å². The molecule has 1 atom stereocenters. The largest absolute Gasteiger partial charge is 0.324 e. The van der Waals surface area contributed by atoms with Crippen molar-refractivity contribution in [3.8, 4) is 0 Å². The molecule has 0 spiro atoms. The Kier molecular flexibility index (Phi) is 3.92. The maximum atomic E-state index is 4.68. The van der Waals surface area contributed by atoms with E-state index >= 15 is 0 Å². The van der Waals surface area contributed by atoms with Gasteiger partial charge in [-0.15, -0.1) is 0 Å². The lowest BCUT2D eigenvalue weighted by Crippen LogP contribution is -2.26. The SMILES string of the molecule is CCNC1CCCc2nc(Nc3ccccc3)ncc21. The van der Waals surface area contributed by atoms with Gasteiger partial charge in [0.25, 0.3) is 0 Å². The summed E-state index contributed by atoms with van der Waals surface area (Å²) in [5.74, 6) is 0.687. The molecule has 0 saturated carbocycles. The number of hydrogen-bond donors (Lipinski definition) is 2. The van der Waals surface area contributed by atoms with E-state index in [1.54, 1.807) is 0 Å². The van der Waals surface area contributed by atoms with Crippen LogP contribution in [0.4, 0.5) is 11.6 Å². The lowest BCUT2D eigenvalue weighted by atomic mass is 9.92. The first-order valence-corrected chi connectivity index (χ1v) is 7.28. The van der Waals surface area contributed by atoms with E-state index in [1.165, 1.54) is 24.1 Å². The van der Waals surface area contributed by atoms with Gasteiger partial charge >= 0.3 is 0 Å². The smallest absolute Gasteiger partial charge is 0.227 e. The number of nitrogens with one attached hydrogen (secondary N) is 2. The van der Waals surface area contributed by atoms with E-state index in [-0.39, 0.29) is 0 Å². The topological polar surface area (TPSA) is 49.8 Å². The molecule has 1 aliphatic carbocycles. The van der Waals surface area contributed by atoms with Crippen molar-refractivity contribution in [3.05, 3.63) is 47.8 Å². The molecule has 20 heavy (non-hydrogen) atoms. The highest BCUT2D eigenvalue weighted by molar-refractivity contribution is 5.53. The molecule has 1 aromatic carbocycles. The molecular formula is C16H20N4. The molecule has 2 N–H and O–H groups in total. The normalized spacial score (nSPS) is 17.6. The van der Waals surface area contributed by atoms with Gasteiger partial charge in [0.15, 0.2) is 0 Å². The number of aryl methyl sites for hydroxylation is 1. The second-order valence-corrected chi connectivity index (χ2v) is 5.09. The Labute approximate surface area is 119 Å². The fourth-order valence-electron chi connectivity index (χ4n) is 2.72. The van der Waals surface area contributed by atoms with Gasteiger partial charge in [-0.3, -0.25) is 0 Å². The molecule has 4 heteroatoms. The van der Waals surface area contributed by atoms with Crippen molar-refractivity contribution in [3.63, 3.8) is 0 Å². The zero-order chi connectivity index (χ0) is 13.8. The van der Waals surface area contributed by atoms with E-state index in [0.717, 1.165) is 18.7 Å². The van der Waals surface area contributed by atoms with Crippen LogP contribution in [0.15, 0.2) is 36.5 Å². The Bertz CT molecular complexity index is 568. The maximum absolute atomic E-state index is 4.68. The van der Waals surface area contributed by atoms with Gasteiger partial charge in [-0.1, -0.05) is 25.1 Å². The highest BCUT2D eigenvalue weighted by Crippen LogP contribution is 2.28. The van der Waals surface area contributed by atoms with E-state index in [2.05, 4.69) is 27.5 Å². The monoisotopic (exact) mass is 268 g/mol. The van der Waals surface area contributed by atoms with Crippen molar-refractivity contribution in [2.24, 2.45) is 0 Å². The number of hydrogen-bond acceptors (Lipinski definition) is 4. The van der Waals surface area contributed by atoms with Crippen LogP contribution in [-0.4, -0.2) is 16.5 Å². The molecule has 1 aromatic heterocycles. The standard InChI is InChI=1S/C16H20N4/c1-2-17-14-9-6-10-15-13(14)11-18-16(20-15)19-12-7-4-3-5-8-12/h3-5,7-8,11,14,17H,2,6,9-10H2,1H3,(H,18,19,20). The first-order valence-electron chi connectivity index (χ1n) is 7.28. The van der Waals surface area contributed by atoms with Crippen LogP contribution in [0.5, 0.6) is 0 Å². The first kappa shape index (κ1) is 13.1. The van der Waals surface area contributed by atoms with E-state index in [1.807, 2.05) is 36.5 Å². The number of fused-ring (bicyclic) bond motifs is 1. The quantitative estimate of drug-likeness (QED) is 0.894.